The summed E-state index contributed by atoms with van der Waals surface area (Å²) in [4.78, 5) is 9.83. The number of aromatic nitrogens is 4. The zero-order chi connectivity index (χ0) is 22.0. The van der Waals surface area contributed by atoms with Gasteiger partial charge in [-0.15, -0.1) is 20.5 Å². The van der Waals surface area contributed by atoms with Crippen LogP contribution < -0.4 is 4.90 Å². The molecule has 3 aromatic heterocycles. The highest BCUT2D eigenvalue weighted by atomic mass is 32.1. The fourth-order valence-electron chi connectivity index (χ4n) is 2.60. The van der Waals surface area contributed by atoms with Crippen molar-refractivity contribution in [2.45, 2.75) is 6.92 Å². The molecule has 0 saturated heterocycles. The van der Waals surface area contributed by atoms with Gasteiger partial charge in [0.05, 0.1) is 16.8 Å². The first-order valence-electron chi connectivity index (χ1n) is 8.78. The predicted octanol–water partition coefficient (Wildman–Crippen LogP) is 5.33. The highest BCUT2D eigenvalue weighted by molar-refractivity contribution is 7.11. The lowest BCUT2D eigenvalue weighted by atomic mass is 10.2. The highest BCUT2D eigenvalue weighted by Gasteiger charge is 2.16. The molecule has 11 nitrogen and oxygen atoms in total. The van der Waals surface area contributed by atoms with E-state index in [0.717, 1.165) is 23.1 Å². The number of anilines is 1. The summed E-state index contributed by atoms with van der Waals surface area (Å²) in [6.07, 6.45) is 3.02. The maximum absolute atomic E-state index is 10.8. The van der Waals surface area contributed by atoms with E-state index in [1.165, 1.54) is 6.33 Å². The monoisotopic (exact) mass is 450 g/mol. The molecule has 0 spiro atoms. The first-order chi connectivity index (χ1) is 15.0. The molecule has 154 valence electrons. The molecule has 0 radical (unpaired) electrons. The zero-order valence-electron chi connectivity index (χ0n) is 16.5. The molecular formula is C18H14N10OS2. The van der Waals surface area contributed by atoms with Gasteiger partial charge in [0, 0.05) is 20.3 Å². The van der Waals surface area contributed by atoms with Gasteiger partial charge in [0.25, 0.3) is 0 Å². The molecule has 0 atom stereocenters. The van der Waals surface area contributed by atoms with Crippen molar-refractivity contribution in [3.05, 3.63) is 35.9 Å². The Morgan fingerprint density at radius 1 is 1.06 bits per heavy atom. The van der Waals surface area contributed by atoms with Gasteiger partial charge in [-0.2, -0.15) is 14.0 Å². The minimum absolute atomic E-state index is 0.191. The first-order valence-corrected chi connectivity index (χ1v) is 10.3. The predicted molar refractivity (Wildman–Crippen MR) is 118 cm³/mol. The molecule has 0 bridgehead atoms. The Kier molecular flexibility index (Phi) is 5.56. The lowest BCUT2D eigenvalue weighted by Gasteiger charge is -2.15. The minimum atomic E-state index is -0.191. The summed E-state index contributed by atoms with van der Waals surface area (Å²) in [5, 5.41) is 38.4. The molecule has 3 heterocycles. The second-order valence-corrected chi connectivity index (χ2v) is 7.91. The summed E-state index contributed by atoms with van der Waals surface area (Å²) in [7, 11) is 3.63. The Morgan fingerprint density at radius 2 is 1.84 bits per heavy atom. The molecule has 1 aromatic carbocycles. The summed E-state index contributed by atoms with van der Waals surface area (Å²) >= 11 is 2.20. The third-order valence-electron chi connectivity index (χ3n) is 4.18. The van der Waals surface area contributed by atoms with Crippen LogP contribution in [0.2, 0.25) is 0 Å². The van der Waals surface area contributed by atoms with Crippen molar-refractivity contribution >= 4 is 61.2 Å². The summed E-state index contributed by atoms with van der Waals surface area (Å²) in [6.45, 7) is 1.73. The number of hydrogen-bond donors (Lipinski definition) is 1. The number of phenolic OH excluding ortho intramolecular Hbond substituents is 1. The van der Waals surface area contributed by atoms with Crippen molar-refractivity contribution in [1.29, 1.82) is 5.26 Å². The molecule has 1 N–H and O–H groups in total. The van der Waals surface area contributed by atoms with Crippen molar-refractivity contribution in [1.82, 2.24) is 18.7 Å². The summed E-state index contributed by atoms with van der Waals surface area (Å²) in [5.41, 5.74) is 2.50. The SMILES string of the molecule is Cc1nsc(N=Nc2c(N(C)C)ccc(N=Nc3snc4ncncc34)c2O)c1C#N. The fourth-order valence-corrected chi connectivity index (χ4v) is 3.92. The number of fused-ring (bicyclic) bond motifs is 1. The topological polar surface area (TPSA) is 148 Å². The van der Waals surface area contributed by atoms with Gasteiger partial charge in [0.2, 0.25) is 0 Å². The third kappa shape index (κ3) is 3.93. The normalized spacial score (nSPS) is 11.5. The average molecular weight is 451 g/mol. The highest BCUT2D eigenvalue weighted by Crippen LogP contribution is 2.45. The summed E-state index contributed by atoms with van der Waals surface area (Å²) < 4.78 is 8.32. The smallest absolute Gasteiger partial charge is 0.178 e. The number of benzene rings is 1. The van der Waals surface area contributed by atoms with E-state index in [4.69, 9.17) is 0 Å². The van der Waals surface area contributed by atoms with Crippen LogP contribution in [0.25, 0.3) is 11.0 Å². The zero-order valence-corrected chi connectivity index (χ0v) is 18.2. The van der Waals surface area contributed by atoms with Gasteiger partial charge in [-0.25, -0.2) is 9.97 Å². The molecular weight excluding hydrogens is 436 g/mol. The molecule has 0 unspecified atom stereocenters. The Hall–Kier alpha value is -3.89. The van der Waals surface area contributed by atoms with E-state index in [2.05, 4.69) is 45.2 Å². The van der Waals surface area contributed by atoms with Crippen molar-refractivity contribution in [2.24, 2.45) is 20.5 Å². The van der Waals surface area contributed by atoms with Crippen LogP contribution in [0.5, 0.6) is 5.75 Å². The lowest BCUT2D eigenvalue weighted by molar-refractivity contribution is 0.477. The van der Waals surface area contributed by atoms with E-state index in [1.807, 2.05) is 14.1 Å². The second kappa shape index (κ2) is 8.46. The second-order valence-electron chi connectivity index (χ2n) is 6.40. The van der Waals surface area contributed by atoms with Crippen LogP contribution in [0.15, 0.2) is 45.1 Å². The van der Waals surface area contributed by atoms with Gasteiger partial charge in [-0.3, -0.25) is 0 Å². The Balaban J connectivity index is 1.74. The number of azo groups is 2. The molecule has 31 heavy (non-hydrogen) atoms. The first kappa shape index (κ1) is 20.4. The van der Waals surface area contributed by atoms with Crippen LogP contribution in [0.4, 0.5) is 27.1 Å². The van der Waals surface area contributed by atoms with Gasteiger partial charge in [0.15, 0.2) is 27.1 Å². The molecule has 0 aliphatic heterocycles. The molecule has 4 aromatic rings. The number of nitriles is 1. The maximum Gasteiger partial charge on any atom is 0.178 e. The van der Waals surface area contributed by atoms with Gasteiger partial charge in [-0.05, 0) is 42.1 Å². The van der Waals surface area contributed by atoms with Crippen LogP contribution in [0, 0.1) is 18.3 Å². The molecule has 0 aliphatic carbocycles. The molecule has 13 heteroatoms. The summed E-state index contributed by atoms with van der Waals surface area (Å²) in [5.74, 6) is -0.191. The molecule has 0 aliphatic rings. The van der Waals surface area contributed by atoms with E-state index >= 15 is 0 Å². The number of nitrogens with zero attached hydrogens (tertiary/aromatic N) is 10. The van der Waals surface area contributed by atoms with Crippen molar-refractivity contribution in [3.63, 3.8) is 0 Å². The average Bonchev–Trinajstić information content (AvgIpc) is 3.34. The minimum Gasteiger partial charge on any atom is -0.504 e. The number of aryl methyl sites for hydroxylation is 1. The fraction of sp³-hybridized carbons (Fsp3) is 0.167. The molecule has 4 rings (SSSR count). The van der Waals surface area contributed by atoms with Crippen LogP contribution in [-0.2, 0) is 0 Å². The van der Waals surface area contributed by atoms with Gasteiger partial charge >= 0.3 is 0 Å². The number of rotatable bonds is 5. The Bertz CT molecular complexity index is 1370. The van der Waals surface area contributed by atoms with Crippen LogP contribution >= 0.6 is 23.1 Å². The summed E-state index contributed by atoms with van der Waals surface area (Å²) in [6, 6.07) is 5.45. The van der Waals surface area contributed by atoms with E-state index in [1.54, 1.807) is 30.2 Å². The molecule has 0 saturated carbocycles. The van der Waals surface area contributed by atoms with Crippen molar-refractivity contribution in [3.8, 4) is 11.8 Å². The van der Waals surface area contributed by atoms with E-state index in [-0.39, 0.29) is 17.1 Å². The maximum atomic E-state index is 10.8. The molecule has 0 fully saturated rings. The van der Waals surface area contributed by atoms with Gasteiger partial charge < -0.3 is 10.0 Å². The standard InChI is InChI=1S/C18H14N10OS2/c1-9-10(6-19)17(30-26-9)25-23-14-13(28(2)3)5-4-12(15(14)29)22-24-18-11-7-20-8-21-16(11)27-31-18/h4-5,7-8,29H,1-3H3. The molecule has 0 amide bonds. The van der Waals surface area contributed by atoms with Gasteiger partial charge in [0.1, 0.15) is 23.6 Å². The van der Waals surface area contributed by atoms with Crippen LogP contribution in [-0.4, -0.2) is 37.9 Å². The number of hydrogen-bond acceptors (Lipinski definition) is 13. The van der Waals surface area contributed by atoms with E-state index < -0.39 is 0 Å². The third-order valence-corrected chi connectivity index (χ3v) is 5.74. The van der Waals surface area contributed by atoms with Crippen LogP contribution in [0.3, 0.4) is 0 Å². The number of phenols is 1. The quantitative estimate of drug-likeness (QED) is 0.404. The van der Waals surface area contributed by atoms with E-state index in [0.29, 0.717) is 38.0 Å². The van der Waals surface area contributed by atoms with Crippen molar-refractivity contribution < 1.29 is 5.11 Å². The number of aromatic hydroxyl groups is 1. The Labute approximate surface area is 184 Å². The van der Waals surface area contributed by atoms with Gasteiger partial charge in [-0.1, -0.05) is 0 Å². The van der Waals surface area contributed by atoms with Crippen LogP contribution in [0.1, 0.15) is 11.3 Å². The lowest BCUT2D eigenvalue weighted by Crippen LogP contribution is -2.08. The van der Waals surface area contributed by atoms with E-state index in [9.17, 15) is 10.4 Å². The van der Waals surface area contributed by atoms with Crippen molar-refractivity contribution in [2.75, 3.05) is 19.0 Å². The Morgan fingerprint density at radius 3 is 2.61 bits per heavy atom. The largest absolute Gasteiger partial charge is 0.504 e.